The van der Waals surface area contributed by atoms with Crippen LogP contribution in [0.5, 0.6) is 0 Å². The highest BCUT2D eigenvalue weighted by atomic mass is 16.6. The first kappa shape index (κ1) is 9.58. The van der Waals surface area contributed by atoms with Crippen molar-refractivity contribution in [2.45, 2.75) is 13.3 Å². The first-order valence-electron chi connectivity index (χ1n) is 4.16. The van der Waals surface area contributed by atoms with Gasteiger partial charge in [-0.05, 0) is 13.0 Å². The van der Waals surface area contributed by atoms with Gasteiger partial charge in [-0.2, -0.15) is 0 Å². The van der Waals surface area contributed by atoms with Crippen molar-refractivity contribution in [3.05, 3.63) is 35.6 Å². The lowest BCUT2D eigenvalue weighted by Crippen LogP contribution is -2.18. The Morgan fingerprint density at radius 2 is 2.38 bits per heavy atom. The summed E-state index contributed by atoms with van der Waals surface area (Å²) in [7, 11) is 1.54. The summed E-state index contributed by atoms with van der Waals surface area (Å²) in [6.07, 6.45) is 7.89. The lowest BCUT2D eigenvalue weighted by atomic mass is 10.2. The van der Waals surface area contributed by atoms with Crippen molar-refractivity contribution in [2.75, 3.05) is 7.05 Å². The minimum Gasteiger partial charge on any atom is -0.415 e. The number of carbonyl (C=O) groups is 1. The molecule has 0 aliphatic heterocycles. The number of ether oxygens (including phenoxy) is 1. The Balaban J connectivity index is 2.58. The fourth-order valence-corrected chi connectivity index (χ4v) is 0.951. The van der Waals surface area contributed by atoms with Crippen LogP contribution in [0, 0.1) is 0 Å². The second-order valence-electron chi connectivity index (χ2n) is 2.78. The van der Waals surface area contributed by atoms with E-state index < -0.39 is 6.09 Å². The van der Waals surface area contributed by atoms with Crippen molar-refractivity contribution < 1.29 is 9.53 Å². The molecule has 0 aromatic rings. The Morgan fingerprint density at radius 1 is 1.62 bits per heavy atom. The van der Waals surface area contributed by atoms with Crippen LogP contribution in [0.3, 0.4) is 0 Å². The number of nitrogens with one attached hydrogen (secondary N) is 1. The normalized spacial score (nSPS) is 15.5. The molecule has 0 unspecified atom stereocenters. The molecule has 70 valence electrons. The minimum atomic E-state index is -0.424. The standard InChI is InChI=1S/C10H13NO2/c1-8-4-3-5-9(7-6-8)13-10(12)11-2/h3-6H,7H2,1-2H3,(H,11,12). The lowest BCUT2D eigenvalue weighted by Gasteiger charge is -2.04. The predicted octanol–water partition coefficient (Wildman–Crippen LogP) is 2.13. The number of rotatable bonds is 1. The number of amides is 1. The summed E-state index contributed by atoms with van der Waals surface area (Å²) in [5.41, 5.74) is 1.17. The number of hydrogen-bond acceptors (Lipinski definition) is 2. The van der Waals surface area contributed by atoms with E-state index in [1.54, 1.807) is 6.08 Å². The summed E-state index contributed by atoms with van der Waals surface area (Å²) in [5.74, 6) is 0.660. The van der Waals surface area contributed by atoms with Gasteiger partial charge in [0.25, 0.3) is 0 Å². The molecule has 1 rings (SSSR count). The first-order chi connectivity index (χ1) is 6.22. The van der Waals surface area contributed by atoms with E-state index in [1.165, 1.54) is 12.6 Å². The molecule has 0 fully saturated rings. The average molecular weight is 179 g/mol. The van der Waals surface area contributed by atoms with Crippen LogP contribution in [0.1, 0.15) is 13.3 Å². The van der Waals surface area contributed by atoms with Gasteiger partial charge in [0.1, 0.15) is 5.76 Å². The summed E-state index contributed by atoms with van der Waals surface area (Å²) >= 11 is 0. The molecule has 0 heterocycles. The maximum absolute atomic E-state index is 10.9. The lowest BCUT2D eigenvalue weighted by molar-refractivity contribution is 0.177. The molecule has 0 saturated carbocycles. The maximum Gasteiger partial charge on any atom is 0.412 e. The molecule has 0 saturated heterocycles. The quantitative estimate of drug-likeness (QED) is 0.669. The second-order valence-corrected chi connectivity index (χ2v) is 2.78. The molecule has 13 heavy (non-hydrogen) atoms. The summed E-state index contributed by atoms with van der Waals surface area (Å²) in [6.45, 7) is 2.01. The molecule has 0 bridgehead atoms. The van der Waals surface area contributed by atoms with E-state index in [1.807, 2.05) is 25.2 Å². The van der Waals surface area contributed by atoms with Gasteiger partial charge in [-0.3, -0.25) is 0 Å². The van der Waals surface area contributed by atoms with Gasteiger partial charge in [0.15, 0.2) is 0 Å². The zero-order valence-electron chi connectivity index (χ0n) is 7.83. The Kier molecular flexibility index (Phi) is 3.31. The van der Waals surface area contributed by atoms with Gasteiger partial charge in [0.2, 0.25) is 0 Å². The van der Waals surface area contributed by atoms with Gasteiger partial charge in [-0.15, -0.1) is 0 Å². The minimum absolute atomic E-state index is 0.424. The fourth-order valence-electron chi connectivity index (χ4n) is 0.951. The van der Waals surface area contributed by atoms with Crippen LogP contribution in [-0.4, -0.2) is 13.1 Å². The van der Waals surface area contributed by atoms with E-state index in [0.29, 0.717) is 12.2 Å². The molecule has 1 amide bonds. The molecular formula is C10H13NO2. The summed E-state index contributed by atoms with van der Waals surface area (Å²) in [4.78, 5) is 10.9. The van der Waals surface area contributed by atoms with Gasteiger partial charge in [0.05, 0.1) is 0 Å². The largest absolute Gasteiger partial charge is 0.415 e. The van der Waals surface area contributed by atoms with E-state index in [-0.39, 0.29) is 0 Å². The van der Waals surface area contributed by atoms with Crippen molar-refractivity contribution in [3.8, 4) is 0 Å². The van der Waals surface area contributed by atoms with Gasteiger partial charge in [-0.25, -0.2) is 4.79 Å². The molecule has 0 aromatic carbocycles. The van der Waals surface area contributed by atoms with Crippen molar-refractivity contribution in [1.82, 2.24) is 5.32 Å². The van der Waals surface area contributed by atoms with Crippen LogP contribution >= 0.6 is 0 Å². The van der Waals surface area contributed by atoms with Crippen LogP contribution in [0.15, 0.2) is 35.6 Å². The van der Waals surface area contributed by atoms with Crippen LogP contribution in [0.25, 0.3) is 0 Å². The second kappa shape index (κ2) is 4.50. The molecule has 3 nitrogen and oxygen atoms in total. The molecule has 3 heteroatoms. The smallest absolute Gasteiger partial charge is 0.412 e. The number of carbonyl (C=O) groups excluding carboxylic acids is 1. The van der Waals surface area contributed by atoms with Crippen molar-refractivity contribution in [3.63, 3.8) is 0 Å². The van der Waals surface area contributed by atoms with Crippen molar-refractivity contribution in [2.24, 2.45) is 0 Å². The Bertz CT molecular complexity index is 285. The highest BCUT2D eigenvalue weighted by molar-refractivity contribution is 5.68. The Labute approximate surface area is 77.8 Å². The monoisotopic (exact) mass is 179 g/mol. The molecule has 0 aromatic heterocycles. The van der Waals surface area contributed by atoms with Crippen molar-refractivity contribution >= 4 is 6.09 Å². The van der Waals surface area contributed by atoms with Crippen molar-refractivity contribution in [1.29, 1.82) is 0 Å². The third kappa shape index (κ3) is 3.15. The third-order valence-electron chi connectivity index (χ3n) is 1.69. The summed E-state index contributed by atoms with van der Waals surface area (Å²) in [5, 5.41) is 2.40. The molecule has 1 aliphatic carbocycles. The molecular weight excluding hydrogens is 166 g/mol. The average Bonchev–Trinajstić information content (AvgIpc) is 2.31. The zero-order chi connectivity index (χ0) is 9.68. The SMILES string of the molecule is CNC(=O)OC1=CC=CC(C)=CC1. The van der Waals surface area contributed by atoms with Gasteiger partial charge in [-0.1, -0.05) is 23.8 Å². The highest BCUT2D eigenvalue weighted by Gasteiger charge is 2.03. The number of alkyl carbamates (subject to hydrolysis) is 1. The summed E-state index contributed by atoms with van der Waals surface area (Å²) in [6, 6.07) is 0. The Morgan fingerprint density at radius 3 is 3.08 bits per heavy atom. The first-order valence-corrected chi connectivity index (χ1v) is 4.16. The van der Waals surface area contributed by atoms with E-state index in [2.05, 4.69) is 5.32 Å². The fraction of sp³-hybridized carbons (Fsp3) is 0.300. The van der Waals surface area contributed by atoms with Crippen LogP contribution in [0.4, 0.5) is 4.79 Å². The van der Waals surface area contributed by atoms with Gasteiger partial charge < -0.3 is 10.1 Å². The van der Waals surface area contributed by atoms with E-state index in [4.69, 9.17) is 4.74 Å². The topological polar surface area (TPSA) is 38.3 Å². The van der Waals surface area contributed by atoms with Gasteiger partial charge in [0, 0.05) is 13.5 Å². The van der Waals surface area contributed by atoms with Gasteiger partial charge >= 0.3 is 6.09 Å². The molecule has 0 radical (unpaired) electrons. The van der Waals surface area contributed by atoms with Crippen LogP contribution < -0.4 is 5.32 Å². The molecule has 0 spiro atoms. The van der Waals surface area contributed by atoms with E-state index >= 15 is 0 Å². The molecule has 1 N–H and O–H groups in total. The van der Waals surface area contributed by atoms with E-state index in [0.717, 1.165) is 0 Å². The summed E-state index contributed by atoms with van der Waals surface area (Å²) < 4.78 is 4.98. The van der Waals surface area contributed by atoms with Crippen LogP contribution in [0.2, 0.25) is 0 Å². The predicted molar refractivity (Wildman–Crippen MR) is 51.1 cm³/mol. The Hall–Kier alpha value is -1.51. The number of hydrogen-bond donors (Lipinski definition) is 1. The van der Waals surface area contributed by atoms with E-state index in [9.17, 15) is 4.79 Å². The van der Waals surface area contributed by atoms with Crippen LogP contribution in [-0.2, 0) is 4.74 Å². The number of allylic oxidation sites excluding steroid dienone is 5. The third-order valence-corrected chi connectivity index (χ3v) is 1.69. The highest BCUT2D eigenvalue weighted by Crippen LogP contribution is 2.12. The molecule has 1 aliphatic rings. The molecule has 0 atom stereocenters. The maximum atomic E-state index is 10.9. The zero-order valence-corrected chi connectivity index (χ0v) is 7.83.